The summed E-state index contributed by atoms with van der Waals surface area (Å²) in [6.07, 6.45) is 0.919. The van der Waals surface area contributed by atoms with Gasteiger partial charge in [-0.2, -0.15) is 0 Å². The number of hydrogen-bond acceptors (Lipinski definition) is 3. The van der Waals surface area contributed by atoms with Crippen molar-refractivity contribution < 1.29 is 14.3 Å². The van der Waals surface area contributed by atoms with Crippen LogP contribution in [0, 0.1) is 0 Å². The molecule has 150 valence electrons. The van der Waals surface area contributed by atoms with Gasteiger partial charge in [0.2, 0.25) is 5.91 Å². The predicted octanol–water partition coefficient (Wildman–Crippen LogP) is 4.32. The van der Waals surface area contributed by atoms with Gasteiger partial charge in [-0.1, -0.05) is 41.1 Å². The van der Waals surface area contributed by atoms with Crippen LogP contribution in [0.2, 0.25) is 0 Å². The van der Waals surface area contributed by atoms with Gasteiger partial charge in [0.25, 0.3) is 5.91 Å². The van der Waals surface area contributed by atoms with Crippen molar-refractivity contribution in [3.05, 3.63) is 62.5 Å². The lowest BCUT2D eigenvalue weighted by Crippen LogP contribution is -2.48. The van der Waals surface area contributed by atoms with Crippen LogP contribution in [0.4, 0.5) is 0 Å². The van der Waals surface area contributed by atoms with E-state index in [1.165, 1.54) is 10.5 Å². The number of ether oxygens (including phenoxy) is 1. The molecule has 0 aromatic heterocycles. The van der Waals surface area contributed by atoms with Crippen LogP contribution in [0.3, 0.4) is 0 Å². The van der Waals surface area contributed by atoms with Crippen LogP contribution < -0.4 is 10.1 Å². The monoisotopic (exact) mass is 510 g/mol. The maximum Gasteiger partial charge on any atom is 0.261 e. The summed E-state index contributed by atoms with van der Waals surface area (Å²) < 4.78 is 7.48. The maximum atomic E-state index is 12.9. The Morgan fingerprint density at radius 1 is 1.11 bits per heavy atom. The van der Waals surface area contributed by atoms with Crippen LogP contribution >= 0.6 is 31.9 Å². The summed E-state index contributed by atoms with van der Waals surface area (Å²) in [4.78, 5) is 26.5. The van der Waals surface area contributed by atoms with Crippen molar-refractivity contribution in [2.75, 3.05) is 13.7 Å². The average Bonchev–Trinajstić information content (AvgIpc) is 2.70. The Kier molecular flexibility index (Phi) is 8.51. The highest BCUT2D eigenvalue weighted by Gasteiger charge is 2.26. The minimum absolute atomic E-state index is 0.151. The Balaban J connectivity index is 2.13. The fraction of sp³-hybridized carbons (Fsp3) is 0.333. The smallest absolute Gasteiger partial charge is 0.261 e. The van der Waals surface area contributed by atoms with E-state index in [1.807, 2.05) is 42.5 Å². The Bertz CT molecular complexity index is 825. The largest absolute Gasteiger partial charge is 0.483 e. The second-order valence-electron chi connectivity index (χ2n) is 6.35. The van der Waals surface area contributed by atoms with Crippen LogP contribution in [0.5, 0.6) is 5.75 Å². The van der Waals surface area contributed by atoms with Crippen molar-refractivity contribution in [1.82, 2.24) is 10.2 Å². The van der Waals surface area contributed by atoms with Gasteiger partial charge in [0.15, 0.2) is 6.61 Å². The van der Waals surface area contributed by atoms with Crippen LogP contribution in [0.25, 0.3) is 0 Å². The van der Waals surface area contributed by atoms with E-state index in [0.29, 0.717) is 12.3 Å². The zero-order valence-electron chi connectivity index (χ0n) is 16.2. The SMILES string of the molecule is CCc1ccc(OCC(=O)N(Cc2ccc(Br)cc2)[C@@H](C)C(=O)NC)c(Br)c1. The van der Waals surface area contributed by atoms with E-state index < -0.39 is 6.04 Å². The van der Waals surface area contributed by atoms with Gasteiger partial charge < -0.3 is 15.0 Å². The van der Waals surface area contributed by atoms with Crippen molar-refractivity contribution >= 4 is 43.7 Å². The van der Waals surface area contributed by atoms with Crippen molar-refractivity contribution in [3.63, 3.8) is 0 Å². The highest BCUT2D eigenvalue weighted by Crippen LogP contribution is 2.26. The molecule has 1 atom stereocenters. The standard InChI is InChI=1S/C21H24Br2N2O3/c1-4-15-7-10-19(18(23)11-15)28-13-20(26)25(14(2)21(27)24-3)12-16-5-8-17(22)9-6-16/h5-11,14H,4,12-13H2,1-3H3,(H,24,27)/t14-/m0/s1. The Labute approximate surface area is 182 Å². The molecule has 0 saturated heterocycles. The van der Waals surface area contributed by atoms with Gasteiger partial charge in [-0.25, -0.2) is 0 Å². The molecule has 2 amide bonds. The predicted molar refractivity (Wildman–Crippen MR) is 117 cm³/mol. The number of benzene rings is 2. The number of nitrogens with one attached hydrogen (secondary N) is 1. The molecule has 5 nitrogen and oxygen atoms in total. The van der Waals surface area contributed by atoms with Crippen molar-refractivity contribution in [2.45, 2.75) is 32.9 Å². The topological polar surface area (TPSA) is 58.6 Å². The summed E-state index contributed by atoms with van der Waals surface area (Å²) in [5.74, 6) is 0.117. The average molecular weight is 512 g/mol. The van der Waals surface area contributed by atoms with E-state index in [0.717, 1.165) is 20.9 Å². The number of nitrogens with zero attached hydrogens (tertiary/aromatic N) is 1. The fourth-order valence-corrected chi connectivity index (χ4v) is 3.49. The number of likely N-dealkylation sites (N-methyl/N-ethyl adjacent to an activating group) is 1. The highest BCUT2D eigenvalue weighted by molar-refractivity contribution is 9.10. The fourth-order valence-electron chi connectivity index (χ4n) is 2.68. The molecular formula is C21H24Br2N2O3. The summed E-state index contributed by atoms with van der Waals surface area (Å²) >= 11 is 6.88. The summed E-state index contributed by atoms with van der Waals surface area (Å²) in [7, 11) is 1.56. The Morgan fingerprint density at radius 2 is 1.75 bits per heavy atom. The molecule has 0 aliphatic rings. The molecule has 2 rings (SSSR count). The lowest BCUT2D eigenvalue weighted by molar-refractivity contribution is -0.142. The van der Waals surface area contributed by atoms with Gasteiger partial charge in [-0.05, 0) is 64.7 Å². The minimum Gasteiger partial charge on any atom is -0.483 e. The van der Waals surface area contributed by atoms with E-state index in [9.17, 15) is 9.59 Å². The van der Waals surface area contributed by atoms with Gasteiger partial charge in [-0.3, -0.25) is 9.59 Å². The quantitative estimate of drug-likeness (QED) is 0.574. The number of amides is 2. The van der Waals surface area contributed by atoms with E-state index in [-0.39, 0.29) is 18.4 Å². The molecular weight excluding hydrogens is 488 g/mol. The first-order valence-corrected chi connectivity index (χ1v) is 10.6. The van der Waals surface area contributed by atoms with Crippen molar-refractivity contribution in [3.8, 4) is 5.75 Å². The molecule has 28 heavy (non-hydrogen) atoms. The van der Waals surface area contributed by atoms with Gasteiger partial charge in [0.05, 0.1) is 4.47 Å². The first-order valence-electron chi connectivity index (χ1n) is 9.02. The minimum atomic E-state index is -0.615. The number of hydrogen-bond donors (Lipinski definition) is 1. The molecule has 0 unspecified atom stereocenters. The molecule has 0 saturated carbocycles. The van der Waals surface area contributed by atoms with Gasteiger partial charge in [0.1, 0.15) is 11.8 Å². The van der Waals surface area contributed by atoms with Crippen LogP contribution in [-0.2, 0) is 22.6 Å². The zero-order chi connectivity index (χ0) is 20.7. The molecule has 0 heterocycles. The molecule has 0 aliphatic carbocycles. The molecule has 0 fully saturated rings. The zero-order valence-corrected chi connectivity index (χ0v) is 19.3. The van der Waals surface area contributed by atoms with Crippen LogP contribution in [0.1, 0.15) is 25.0 Å². The number of carbonyl (C=O) groups is 2. The van der Waals surface area contributed by atoms with Crippen LogP contribution in [0.15, 0.2) is 51.4 Å². The second-order valence-corrected chi connectivity index (χ2v) is 8.12. The molecule has 0 spiro atoms. The summed E-state index contributed by atoms with van der Waals surface area (Å²) in [6, 6.07) is 12.8. The number of aryl methyl sites for hydroxylation is 1. The molecule has 0 radical (unpaired) electrons. The summed E-state index contributed by atoms with van der Waals surface area (Å²) in [5.41, 5.74) is 2.11. The maximum absolute atomic E-state index is 12.9. The normalized spacial score (nSPS) is 11.6. The lowest BCUT2D eigenvalue weighted by Gasteiger charge is -2.28. The van der Waals surface area contributed by atoms with Crippen LogP contribution in [-0.4, -0.2) is 36.4 Å². The van der Waals surface area contributed by atoms with Crippen molar-refractivity contribution in [2.24, 2.45) is 0 Å². The number of carbonyl (C=O) groups excluding carboxylic acids is 2. The van der Waals surface area contributed by atoms with E-state index >= 15 is 0 Å². The van der Waals surface area contributed by atoms with Gasteiger partial charge in [-0.15, -0.1) is 0 Å². The molecule has 2 aromatic rings. The Morgan fingerprint density at radius 3 is 2.32 bits per heavy atom. The molecule has 0 bridgehead atoms. The molecule has 2 aromatic carbocycles. The van der Waals surface area contributed by atoms with E-state index in [4.69, 9.17) is 4.74 Å². The third-order valence-corrected chi connectivity index (χ3v) is 5.58. The Hall–Kier alpha value is -1.86. The third kappa shape index (κ3) is 6.07. The lowest BCUT2D eigenvalue weighted by atomic mass is 10.1. The summed E-state index contributed by atoms with van der Waals surface area (Å²) in [5, 5.41) is 2.60. The number of rotatable bonds is 8. The first-order chi connectivity index (χ1) is 13.3. The highest BCUT2D eigenvalue weighted by atomic mass is 79.9. The molecule has 1 N–H and O–H groups in total. The molecule has 0 aliphatic heterocycles. The van der Waals surface area contributed by atoms with E-state index in [2.05, 4.69) is 44.1 Å². The second kappa shape index (κ2) is 10.6. The third-order valence-electron chi connectivity index (χ3n) is 4.44. The number of halogens is 2. The van der Waals surface area contributed by atoms with Gasteiger partial charge >= 0.3 is 0 Å². The van der Waals surface area contributed by atoms with Crippen molar-refractivity contribution in [1.29, 1.82) is 0 Å². The van der Waals surface area contributed by atoms with Gasteiger partial charge in [0, 0.05) is 18.1 Å². The van der Waals surface area contributed by atoms with E-state index in [1.54, 1.807) is 14.0 Å². The first kappa shape index (κ1) is 22.4. The summed E-state index contributed by atoms with van der Waals surface area (Å²) in [6.45, 7) is 3.95. The molecule has 7 heteroatoms.